The number of Topliss-reactive ketones (excluding diaryl/α,β-unsaturated/α-hetero) is 1. The molecule has 0 radical (unpaired) electrons. The molecule has 0 fully saturated rings. The number of hydrogen-bond donors (Lipinski definition) is 1. The van der Waals surface area contributed by atoms with Gasteiger partial charge in [-0.2, -0.15) is 0 Å². The molecule has 7 nitrogen and oxygen atoms in total. The molecule has 9 heteroatoms. The summed E-state index contributed by atoms with van der Waals surface area (Å²) in [6, 6.07) is 14.3. The number of carbonyl (C=O) groups is 1. The zero-order chi connectivity index (χ0) is 24.8. The summed E-state index contributed by atoms with van der Waals surface area (Å²) in [6.07, 6.45) is -0.842. The Morgan fingerprint density at radius 2 is 1.67 bits per heavy atom. The summed E-state index contributed by atoms with van der Waals surface area (Å²) in [4.78, 5) is 18.2. The maximum Gasteiger partial charge on any atom is 0.244 e. The molecule has 0 amide bonds. The summed E-state index contributed by atoms with van der Waals surface area (Å²) in [5.41, 5.74) is 7.59. The van der Waals surface area contributed by atoms with Gasteiger partial charge in [-0.1, -0.05) is 57.2 Å². The number of hydrogen-bond acceptors (Lipinski definition) is 6. The van der Waals surface area contributed by atoms with Gasteiger partial charge < -0.3 is 10.2 Å². The maximum atomic E-state index is 13.9. The van der Waals surface area contributed by atoms with Gasteiger partial charge in [0.1, 0.15) is 11.6 Å². The molecule has 3 rings (SSSR count). The highest BCUT2D eigenvalue weighted by Gasteiger charge is 2.41. The van der Waals surface area contributed by atoms with Gasteiger partial charge in [-0.3, -0.25) is 4.79 Å². The van der Waals surface area contributed by atoms with Crippen molar-refractivity contribution < 1.29 is 17.6 Å². The highest BCUT2D eigenvalue weighted by molar-refractivity contribution is 7.90. The van der Waals surface area contributed by atoms with Crippen molar-refractivity contribution in [1.29, 1.82) is 0 Å². The Bertz CT molecular complexity index is 1280. The van der Waals surface area contributed by atoms with Gasteiger partial charge in [0, 0.05) is 5.56 Å². The fourth-order valence-electron chi connectivity index (χ4n) is 3.29. The average molecular weight is 488 g/mol. The van der Waals surface area contributed by atoms with E-state index >= 15 is 0 Å². The van der Waals surface area contributed by atoms with Gasteiger partial charge in [0.2, 0.25) is 16.0 Å². The predicted molar refractivity (Wildman–Crippen MR) is 135 cm³/mol. The van der Waals surface area contributed by atoms with Crippen LogP contribution in [0, 0.1) is 0 Å². The van der Waals surface area contributed by atoms with Crippen LogP contribution in [-0.4, -0.2) is 36.7 Å². The van der Waals surface area contributed by atoms with Crippen molar-refractivity contribution in [2.24, 2.45) is 0 Å². The molecule has 2 N–H and O–H groups in total. The molecule has 0 aliphatic heterocycles. The minimum Gasteiger partial charge on any atom is -0.403 e. The molecule has 0 saturated heterocycles. The molecular weight excluding hydrogens is 454 g/mol. The number of carbonyl (C=O) groups excluding carboxylic acids is 1. The Morgan fingerprint density at radius 1 is 1.06 bits per heavy atom. The number of para-hydroxylation sites is 1. The number of aromatic nitrogens is 2. The first kappa shape index (κ1) is 25.1. The second-order valence-electron chi connectivity index (χ2n) is 10.0. The minimum absolute atomic E-state index is 0.107. The van der Waals surface area contributed by atoms with Gasteiger partial charge in [-0.15, -0.1) is 0 Å². The first-order valence-corrected chi connectivity index (χ1v) is 15.4. The van der Waals surface area contributed by atoms with E-state index in [1.165, 1.54) is 0 Å². The maximum absolute atomic E-state index is 13.9. The van der Waals surface area contributed by atoms with Crippen molar-refractivity contribution >= 4 is 41.1 Å². The smallest absolute Gasteiger partial charge is 0.244 e. The largest absolute Gasteiger partial charge is 0.403 e. The fraction of sp³-hybridized carbons (Fsp3) is 0.417. The normalized spacial score (nSPS) is 14.1. The van der Waals surface area contributed by atoms with Crippen molar-refractivity contribution in [1.82, 2.24) is 8.96 Å². The van der Waals surface area contributed by atoms with Crippen molar-refractivity contribution in [3.63, 3.8) is 0 Å². The second-order valence-corrected chi connectivity index (χ2v) is 17.1. The van der Waals surface area contributed by atoms with Crippen LogP contribution in [0.25, 0.3) is 11.0 Å². The Labute approximate surface area is 197 Å². The molecule has 33 heavy (non-hydrogen) atoms. The molecule has 0 bridgehead atoms. The summed E-state index contributed by atoms with van der Waals surface area (Å²) < 4.78 is 33.4. The third-order valence-electron chi connectivity index (χ3n) is 6.34. The molecule has 2 aromatic carbocycles. The third kappa shape index (κ3) is 4.62. The molecule has 178 valence electrons. The fourth-order valence-corrected chi connectivity index (χ4v) is 5.62. The van der Waals surface area contributed by atoms with E-state index in [4.69, 9.17) is 10.2 Å². The van der Waals surface area contributed by atoms with Crippen molar-refractivity contribution in [3.05, 3.63) is 59.7 Å². The van der Waals surface area contributed by atoms with Gasteiger partial charge in [-0.25, -0.2) is 17.4 Å². The lowest BCUT2D eigenvalue weighted by Gasteiger charge is -2.39. The van der Waals surface area contributed by atoms with Crippen molar-refractivity contribution in [3.8, 4) is 0 Å². The number of fused-ring (bicyclic) bond motifs is 1. The molecule has 1 aromatic heterocycles. The summed E-state index contributed by atoms with van der Waals surface area (Å²) in [7, 11) is -6.09. The summed E-state index contributed by atoms with van der Waals surface area (Å²) in [5.74, 6) is -0.441. The molecule has 3 aromatic rings. The molecule has 0 spiro atoms. The molecule has 0 aliphatic carbocycles. The lowest BCUT2D eigenvalue weighted by atomic mass is 9.99. The zero-order valence-corrected chi connectivity index (χ0v) is 22.1. The molecule has 1 atom stereocenters. The van der Waals surface area contributed by atoms with Crippen LogP contribution >= 0.6 is 0 Å². The minimum atomic E-state index is -3.76. The highest BCUT2D eigenvalue weighted by Crippen LogP contribution is 2.41. The summed E-state index contributed by atoms with van der Waals surface area (Å²) >= 11 is 0. The molecule has 1 heterocycles. The lowest BCUT2D eigenvalue weighted by molar-refractivity contribution is 0.0768. The number of nitrogens with zero attached hydrogens (tertiary/aromatic N) is 2. The van der Waals surface area contributed by atoms with Crippen molar-refractivity contribution in [2.75, 3.05) is 5.73 Å². The third-order valence-corrected chi connectivity index (χ3v) is 12.9. The van der Waals surface area contributed by atoms with E-state index in [0.29, 0.717) is 0 Å². The van der Waals surface area contributed by atoms with Crippen molar-refractivity contribution in [2.45, 2.75) is 64.1 Å². The van der Waals surface area contributed by atoms with Crippen LogP contribution in [0.15, 0.2) is 48.5 Å². The van der Waals surface area contributed by atoms with Gasteiger partial charge in [0.25, 0.3) is 0 Å². The quantitative estimate of drug-likeness (QED) is 0.365. The number of rotatable bonds is 7. The van der Waals surface area contributed by atoms with Crippen LogP contribution in [0.5, 0.6) is 0 Å². The van der Waals surface area contributed by atoms with Crippen LogP contribution in [0.2, 0.25) is 18.1 Å². The average Bonchev–Trinajstić information content (AvgIpc) is 3.07. The van der Waals surface area contributed by atoms with E-state index in [2.05, 4.69) is 38.8 Å². The van der Waals surface area contributed by atoms with E-state index in [9.17, 15) is 13.2 Å². The van der Waals surface area contributed by atoms with Gasteiger partial charge in [0.15, 0.2) is 14.1 Å². The number of nitrogen functional groups attached to an aromatic ring is 1. The van der Waals surface area contributed by atoms with E-state index in [1.807, 2.05) is 30.3 Å². The van der Waals surface area contributed by atoms with E-state index in [0.717, 1.165) is 9.54 Å². The zero-order valence-electron chi connectivity index (χ0n) is 20.3. The topological polar surface area (TPSA) is 104 Å². The van der Waals surface area contributed by atoms with Crippen LogP contribution in [0.1, 0.15) is 56.6 Å². The van der Waals surface area contributed by atoms with Gasteiger partial charge in [-0.05, 0) is 49.7 Å². The SMILES string of the molecule is CC(C)S(=O)(=O)n1c(N)nc2c(C(=O)C(O[Si](C)(C)C(C)(C)C)c3ccccc3)cccc21. The Morgan fingerprint density at radius 3 is 2.21 bits per heavy atom. The number of anilines is 1. The van der Waals surface area contributed by atoms with Crippen LogP contribution in [0.3, 0.4) is 0 Å². The summed E-state index contributed by atoms with van der Waals surface area (Å²) in [5, 5.41) is -0.806. The standard InChI is InChI=1S/C24H33N3O4SSi/c1-16(2)32(29,30)27-19-15-11-14-18(20(19)26-23(27)25)21(28)22(17-12-9-8-10-13-17)31-33(6,7)24(3,4)5/h8-16,22H,1-7H3,(H2,25,26). The van der Waals surface area contributed by atoms with Gasteiger partial charge >= 0.3 is 0 Å². The molecule has 1 unspecified atom stereocenters. The second kappa shape index (κ2) is 8.70. The first-order chi connectivity index (χ1) is 15.2. The Kier molecular flexibility index (Phi) is 6.62. The first-order valence-electron chi connectivity index (χ1n) is 11.0. The van der Waals surface area contributed by atoms with Gasteiger partial charge in [0.05, 0.1) is 10.8 Å². The van der Waals surface area contributed by atoms with E-state index < -0.39 is 29.7 Å². The number of benzene rings is 2. The monoisotopic (exact) mass is 487 g/mol. The molecule has 0 aliphatic rings. The summed E-state index contributed by atoms with van der Waals surface area (Å²) in [6.45, 7) is 13.7. The van der Waals surface area contributed by atoms with E-state index in [1.54, 1.807) is 32.0 Å². The van der Waals surface area contributed by atoms with E-state index in [-0.39, 0.29) is 33.4 Å². The van der Waals surface area contributed by atoms with Crippen LogP contribution in [0.4, 0.5) is 5.95 Å². The number of nitrogens with two attached hydrogens (primary N) is 1. The molecular formula is C24H33N3O4SSi. The molecule has 0 saturated carbocycles. The number of ketones is 1. The predicted octanol–water partition coefficient (Wildman–Crippen LogP) is 5.15. The Balaban J connectivity index is 2.19. The highest BCUT2D eigenvalue weighted by atomic mass is 32.2. The Hall–Kier alpha value is -2.49. The number of imidazole rings is 1. The van der Waals surface area contributed by atoms with Crippen LogP contribution < -0.4 is 5.73 Å². The lowest BCUT2D eigenvalue weighted by Crippen LogP contribution is -2.43. The van der Waals surface area contributed by atoms with Crippen LogP contribution in [-0.2, 0) is 14.4 Å².